The van der Waals surface area contributed by atoms with Crippen molar-refractivity contribution in [1.29, 1.82) is 0 Å². The van der Waals surface area contributed by atoms with E-state index in [0.29, 0.717) is 5.75 Å². The van der Waals surface area contributed by atoms with Gasteiger partial charge in [-0.05, 0) is 37.5 Å². The van der Waals surface area contributed by atoms with Crippen LogP contribution in [0.3, 0.4) is 0 Å². The van der Waals surface area contributed by atoms with E-state index in [-0.39, 0.29) is 0 Å². The lowest BCUT2D eigenvalue weighted by Gasteiger charge is -2.18. The molecule has 0 fully saturated rings. The average Bonchev–Trinajstić information content (AvgIpc) is 2.38. The molecule has 0 aliphatic carbocycles. The fraction of sp³-hybridized carbons (Fsp3) is 0.250. The summed E-state index contributed by atoms with van der Waals surface area (Å²) >= 11 is 0. The molecule has 2 aromatic rings. The second-order valence-corrected chi connectivity index (χ2v) is 4.50. The highest BCUT2D eigenvalue weighted by atomic mass is 16.5. The molecule has 0 amide bonds. The van der Waals surface area contributed by atoms with Crippen LogP contribution in [0.15, 0.2) is 30.3 Å². The molecule has 2 rings (SSSR count). The molecule has 0 heterocycles. The Bertz CT molecular complexity index is 572. The normalized spacial score (nSPS) is 10.4. The maximum atomic E-state index is 10.4. The van der Waals surface area contributed by atoms with Gasteiger partial charge in [-0.1, -0.05) is 30.3 Å². The molecule has 94 valence electrons. The molecule has 1 N–H and O–H groups in total. The Morgan fingerprint density at radius 3 is 2.06 bits per heavy atom. The van der Waals surface area contributed by atoms with Gasteiger partial charge in [0.25, 0.3) is 0 Å². The lowest BCUT2D eigenvalue weighted by Crippen LogP contribution is -1.97. The summed E-state index contributed by atoms with van der Waals surface area (Å²) in [6.07, 6.45) is 0. The van der Waals surface area contributed by atoms with E-state index < -0.39 is 0 Å². The number of hydrogen-bond acceptors (Lipinski definition) is 2. The van der Waals surface area contributed by atoms with Gasteiger partial charge in [-0.25, -0.2) is 0 Å². The third-order valence-corrected chi connectivity index (χ3v) is 3.48. The standard InChI is InChI=1S/C16H18O2/c1-10-11(2)16(18-4)12(3)14(15(10)17)13-8-6-5-7-9-13/h5-9,17H,1-4H3. The lowest BCUT2D eigenvalue weighted by molar-refractivity contribution is 0.405. The van der Waals surface area contributed by atoms with E-state index in [0.717, 1.165) is 33.6 Å². The van der Waals surface area contributed by atoms with Gasteiger partial charge in [0, 0.05) is 11.1 Å². The molecule has 0 aliphatic rings. The van der Waals surface area contributed by atoms with E-state index in [4.69, 9.17) is 4.74 Å². The van der Waals surface area contributed by atoms with Crippen LogP contribution in [0.5, 0.6) is 11.5 Å². The zero-order valence-corrected chi connectivity index (χ0v) is 11.2. The maximum absolute atomic E-state index is 10.4. The number of benzene rings is 2. The van der Waals surface area contributed by atoms with E-state index >= 15 is 0 Å². The molecule has 0 saturated heterocycles. The Labute approximate surface area is 108 Å². The second-order valence-electron chi connectivity index (χ2n) is 4.50. The summed E-state index contributed by atoms with van der Waals surface area (Å²) in [6, 6.07) is 9.90. The van der Waals surface area contributed by atoms with E-state index in [9.17, 15) is 5.11 Å². The van der Waals surface area contributed by atoms with Crippen molar-refractivity contribution >= 4 is 0 Å². The summed E-state index contributed by atoms with van der Waals surface area (Å²) in [4.78, 5) is 0. The van der Waals surface area contributed by atoms with Crippen LogP contribution in [0, 0.1) is 20.8 Å². The van der Waals surface area contributed by atoms with Crippen molar-refractivity contribution in [1.82, 2.24) is 0 Å². The number of ether oxygens (including phenoxy) is 1. The first kappa shape index (κ1) is 12.5. The fourth-order valence-electron chi connectivity index (χ4n) is 2.37. The summed E-state index contributed by atoms with van der Waals surface area (Å²) in [5.41, 5.74) is 4.71. The minimum Gasteiger partial charge on any atom is -0.507 e. The third-order valence-electron chi connectivity index (χ3n) is 3.48. The summed E-state index contributed by atoms with van der Waals surface area (Å²) in [7, 11) is 1.67. The summed E-state index contributed by atoms with van der Waals surface area (Å²) in [5.74, 6) is 1.20. The van der Waals surface area contributed by atoms with Crippen LogP contribution in [0.2, 0.25) is 0 Å². The highest BCUT2D eigenvalue weighted by Gasteiger charge is 2.18. The maximum Gasteiger partial charge on any atom is 0.127 e. The molecule has 0 radical (unpaired) electrons. The summed E-state index contributed by atoms with van der Waals surface area (Å²) in [5, 5.41) is 10.4. The number of methoxy groups -OCH3 is 1. The Morgan fingerprint density at radius 1 is 0.889 bits per heavy atom. The van der Waals surface area contributed by atoms with Crippen LogP contribution in [-0.4, -0.2) is 12.2 Å². The molecular weight excluding hydrogens is 224 g/mol. The number of aromatic hydroxyl groups is 1. The number of phenols is 1. The van der Waals surface area contributed by atoms with Gasteiger partial charge in [0.05, 0.1) is 7.11 Å². The lowest BCUT2D eigenvalue weighted by atomic mass is 9.93. The molecule has 2 nitrogen and oxygen atoms in total. The molecule has 0 saturated carbocycles. The van der Waals surface area contributed by atoms with Crippen LogP contribution in [-0.2, 0) is 0 Å². The van der Waals surface area contributed by atoms with Crippen molar-refractivity contribution in [3.05, 3.63) is 47.0 Å². The molecular formula is C16H18O2. The quantitative estimate of drug-likeness (QED) is 0.862. The number of rotatable bonds is 2. The van der Waals surface area contributed by atoms with E-state index in [1.807, 2.05) is 51.1 Å². The highest BCUT2D eigenvalue weighted by Crippen LogP contribution is 2.42. The Morgan fingerprint density at radius 2 is 1.50 bits per heavy atom. The van der Waals surface area contributed by atoms with Crippen molar-refractivity contribution in [3.8, 4) is 22.6 Å². The van der Waals surface area contributed by atoms with Crippen LogP contribution in [0.25, 0.3) is 11.1 Å². The number of hydrogen-bond donors (Lipinski definition) is 1. The Balaban J connectivity index is 2.80. The molecule has 2 heteroatoms. The van der Waals surface area contributed by atoms with Crippen molar-refractivity contribution in [2.45, 2.75) is 20.8 Å². The molecule has 0 spiro atoms. The van der Waals surface area contributed by atoms with Crippen molar-refractivity contribution < 1.29 is 9.84 Å². The van der Waals surface area contributed by atoms with Gasteiger partial charge >= 0.3 is 0 Å². The Kier molecular flexibility index (Phi) is 3.28. The smallest absolute Gasteiger partial charge is 0.127 e. The van der Waals surface area contributed by atoms with E-state index in [2.05, 4.69) is 0 Å². The van der Waals surface area contributed by atoms with Crippen molar-refractivity contribution in [2.75, 3.05) is 7.11 Å². The summed E-state index contributed by atoms with van der Waals surface area (Å²) < 4.78 is 5.46. The van der Waals surface area contributed by atoms with Crippen LogP contribution < -0.4 is 4.74 Å². The zero-order valence-electron chi connectivity index (χ0n) is 11.2. The van der Waals surface area contributed by atoms with E-state index in [1.54, 1.807) is 7.11 Å². The molecule has 0 aromatic heterocycles. The third kappa shape index (κ3) is 1.84. The van der Waals surface area contributed by atoms with Crippen LogP contribution in [0.1, 0.15) is 16.7 Å². The molecule has 18 heavy (non-hydrogen) atoms. The second kappa shape index (κ2) is 4.73. The van der Waals surface area contributed by atoms with Crippen LogP contribution in [0.4, 0.5) is 0 Å². The first-order chi connectivity index (χ1) is 8.57. The first-order valence-electron chi connectivity index (χ1n) is 6.00. The molecule has 2 aromatic carbocycles. The molecule has 0 atom stereocenters. The Hall–Kier alpha value is -1.96. The zero-order chi connectivity index (χ0) is 13.3. The monoisotopic (exact) mass is 242 g/mol. The molecule has 0 aliphatic heterocycles. The van der Waals surface area contributed by atoms with Crippen molar-refractivity contribution in [2.24, 2.45) is 0 Å². The van der Waals surface area contributed by atoms with Gasteiger partial charge in [-0.2, -0.15) is 0 Å². The van der Waals surface area contributed by atoms with Gasteiger partial charge in [-0.3, -0.25) is 0 Å². The first-order valence-corrected chi connectivity index (χ1v) is 6.00. The van der Waals surface area contributed by atoms with Gasteiger partial charge in [-0.15, -0.1) is 0 Å². The average molecular weight is 242 g/mol. The topological polar surface area (TPSA) is 29.5 Å². The van der Waals surface area contributed by atoms with Gasteiger partial charge in [0.2, 0.25) is 0 Å². The minimum absolute atomic E-state index is 0.344. The van der Waals surface area contributed by atoms with E-state index in [1.165, 1.54) is 0 Å². The van der Waals surface area contributed by atoms with Gasteiger partial charge < -0.3 is 9.84 Å². The fourth-order valence-corrected chi connectivity index (χ4v) is 2.37. The summed E-state index contributed by atoms with van der Waals surface area (Å²) in [6.45, 7) is 5.86. The van der Waals surface area contributed by atoms with Gasteiger partial charge in [0.1, 0.15) is 11.5 Å². The predicted octanol–water partition coefficient (Wildman–Crippen LogP) is 3.99. The van der Waals surface area contributed by atoms with Gasteiger partial charge in [0.15, 0.2) is 0 Å². The predicted molar refractivity (Wildman–Crippen MR) is 74.3 cm³/mol. The minimum atomic E-state index is 0.344. The largest absolute Gasteiger partial charge is 0.507 e. The van der Waals surface area contributed by atoms with Crippen molar-refractivity contribution in [3.63, 3.8) is 0 Å². The SMILES string of the molecule is COc1c(C)c(C)c(O)c(-c2ccccc2)c1C. The molecule has 0 unspecified atom stereocenters. The number of phenolic OH excluding ortho intramolecular Hbond substituents is 1. The van der Waals surface area contributed by atoms with Crippen LogP contribution >= 0.6 is 0 Å². The highest BCUT2D eigenvalue weighted by molar-refractivity contribution is 5.79. The molecule has 0 bridgehead atoms.